The first kappa shape index (κ1) is 17.6. The summed E-state index contributed by atoms with van der Waals surface area (Å²) in [6.45, 7) is 0.747. The number of rotatable bonds is 5. The van der Waals surface area contributed by atoms with Crippen LogP contribution in [0.3, 0.4) is 0 Å². The summed E-state index contributed by atoms with van der Waals surface area (Å²) >= 11 is 3.68. The van der Waals surface area contributed by atoms with E-state index < -0.39 is 0 Å². The maximum Gasteiger partial charge on any atom is 0.204 e. The SMILES string of the molecule is Brc1cc(Oc2ccccc2)cc2c1ccn2Cc1ccc(-c2nn[nH]n2)cc1. The molecule has 0 bridgehead atoms. The molecule has 0 radical (unpaired) electrons. The Hall–Kier alpha value is -3.45. The average Bonchev–Trinajstić information content (AvgIpc) is 3.41. The first-order chi connectivity index (χ1) is 14.3. The molecule has 0 aliphatic rings. The van der Waals surface area contributed by atoms with Crippen LogP contribution < -0.4 is 4.74 Å². The largest absolute Gasteiger partial charge is 0.457 e. The number of aromatic amines is 1. The van der Waals surface area contributed by atoms with Gasteiger partial charge in [-0.1, -0.05) is 42.5 Å². The van der Waals surface area contributed by atoms with Crippen molar-refractivity contribution in [3.8, 4) is 22.9 Å². The van der Waals surface area contributed by atoms with Gasteiger partial charge in [-0.15, -0.1) is 10.2 Å². The van der Waals surface area contributed by atoms with Gasteiger partial charge >= 0.3 is 0 Å². The minimum Gasteiger partial charge on any atom is -0.457 e. The fourth-order valence-corrected chi connectivity index (χ4v) is 3.85. The number of fused-ring (bicyclic) bond motifs is 1. The number of hydrogen-bond acceptors (Lipinski definition) is 4. The average molecular weight is 446 g/mol. The minimum absolute atomic E-state index is 0.592. The van der Waals surface area contributed by atoms with Gasteiger partial charge in [0, 0.05) is 34.2 Å². The quantitative estimate of drug-likeness (QED) is 0.391. The molecule has 0 saturated heterocycles. The second-order valence-electron chi connectivity index (χ2n) is 6.63. The summed E-state index contributed by atoms with van der Waals surface area (Å²) in [5.74, 6) is 2.20. The van der Waals surface area contributed by atoms with Crippen LogP contribution in [0.25, 0.3) is 22.3 Å². The molecule has 5 aromatic rings. The van der Waals surface area contributed by atoms with Gasteiger partial charge in [0.05, 0.1) is 5.52 Å². The number of hydrogen-bond donors (Lipinski definition) is 1. The molecule has 3 aromatic carbocycles. The van der Waals surface area contributed by atoms with Crippen LogP contribution in [-0.4, -0.2) is 25.2 Å². The molecule has 6 nitrogen and oxygen atoms in total. The summed E-state index contributed by atoms with van der Waals surface area (Å²) in [7, 11) is 0. The number of para-hydroxylation sites is 1. The Morgan fingerprint density at radius 2 is 1.76 bits per heavy atom. The van der Waals surface area contributed by atoms with Crippen LogP contribution in [0.2, 0.25) is 0 Å². The standard InChI is InChI=1S/C22H16BrN5O/c23-20-12-18(29-17-4-2-1-3-5-17)13-21-19(20)10-11-28(21)14-15-6-8-16(9-7-15)22-24-26-27-25-22/h1-13H,14H2,(H,24,25,26,27). The monoisotopic (exact) mass is 445 g/mol. The highest BCUT2D eigenvalue weighted by Gasteiger charge is 2.10. The predicted octanol–water partition coefficient (Wildman–Crippen LogP) is 5.42. The molecule has 2 aromatic heterocycles. The van der Waals surface area contributed by atoms with E-state index in [1.54, 1.807) is 0 Å². The van der Waals surface area contributed by atoms with Crippen LogP contribution in [0.5, 0.6) is 11.5 Å². The molecule has 29 heavy (non-hydrogen) atoms. The normalized spacial score (nSPS) is 11.1. The second kappa shape index (κ2) is 7.52. The highest BCUT2D eigenvalue weighted by Crippen LogP contribution is 2.33. The lowest BCUT2D eigenvalue weighted by Crippen LogP contribution is -1.98. The van der Waals surface area contributed by atoms with E-state index in [1.807, 2.05) is 48.5 Å². The molecule has 0 aliphatic heterocycles. The van der Waals surface area contributed by atoms with Crippen molar-refractivity contribution in [3.05, 3.63) is 89.0 Å². The molecule has 0 saturated carbocycles. The minimum atomic E-state index is 0.592. The van der Waals surface area contributed by atoms with E-state index in [9.17, 15) is 0 Å². The third kappa shape index (κ3) is 3.64. The Morgan fingerprint density at radius 1 is 0.931 bits per heavy atom. The Balaban J connectivity index is 1.44. The Kier molecular flexibility index (Phi) is 4.57. The molecular weight excluding hydrogens is 430 g/mol. The summed E-state index contributed by atoms with van der Waals surface area (Å²) in [4.78, 5) is 0. The molecule has 0 fully saturated rings. The van der Waals surface area contributed by atoms with Crippen molar-refractivity contribution >= 4 is 26.8 Å². The highest BCUT2D eigenvalue weighted by atomic mass is 79.9. The van der Waals surface area contributed by atoms with Crippen LogP contribution in [0, 0.1) is 0 Å². The first-order valence-electron chi connectivity index (χ1n) is 9.10. The van der Waals surface area contributed by atoms with Gasteiger partial charge in [0.2, 0.25) is 5.82 Å². The van der Waals surface area contributed by atoms with Gasteiger partial charge in [-0.3, -0.25) is 0 Å². The number of aromatic nitrogens is 5. The Bertz CT molecular complexity index is 1250. The highest BCUT2D eigenvalue weighted by molar-refractivity contribution is 9.10. The van der Waals surface area contributed by atoms with E-state index in [1.165, 1.54) is 5.56 Å². The van der Waals surface area contributed by atoms with E-state index in [0.717, 1.165) is 39.0 Å². The summed E-state index contributed by atoms with van der Waals surface area (Å²) in [6.07, 6.45) is 2.09. The van der Waals surface area contributed by atoms with Crippen molar-refractivity contribution in [1.82, 2.24) is 25.2 Å². The number of halogens is 1. The molecule has 1 N–H and O–H groups in total. The maximum atomic E-state index is 6.03. The molecule has 0 amide bonds. The van der Waals surface area contributed by atoms with Crippen molar-refractivity contribution in [3.63, 3.8) is 0 Å². The molecular formula is C22H16BrN5O. The third-order valence-corrected chi connectivity index (χ3v) is 5.36. The van der Waals surface area contributed by atoms with Gasteiger partial charge in [0.25, 0.3) is 0 Å². The lowest BCUT2D eigenvalue weighted by atomic mass is 10.1. The maximum absolute atomic E-state index is 6.03. The summed E-state index contributed by atoms with van der Waals surface area (Å²) in [6, 6.07) is 24.1. The molecule has 0 unspecified atom stereocenters. The molecule has 0 atom stereocenters. The van der Waals surface area contributed by atoms with Gasteiger partial charge in [-0.05, 0) is 51.0 Å². The topological polar surface area (TPSA) is 68.6 Å². The smallest absolute Gasteiger partial charge is 0.204 e. The summed E-state index contributed by atoms with van der Waals surface area (Å²) in [5, 5.41) is 15.3. The van der Waals surface area contributed by atoms with E-state index in [2.05, 4.69) is 71.6 Å². The van der Waals surface area contributed by atoms with Crippen molar-refractivity contribution in [2.24, 2.45) is 0 Å². The Morgan fingerprint density at radius 3 is 2.52 bits per heavy atom. The van der Waals surface area contributed by atoms with E-state index in [0.29, 0.717) is 5.82 Å². The number of H-pyrrole nitrogens is 1. The lowest BCUT2D eigenvalue weighted by Gasteiger charge is -2.10. The number of ether oxygens (including phenoxy) is 1. The van der Waals surface area contributed by atoms with E-state index >= 15 is 0 Å². The van der Waals surface area contributed by atoms with Gasteiger partial charge in [-0.2, -0.15) is 5.21 Å². The number of benzene rings is 3. The van der Waals surface area contributed by atoms with Gasteiger partial charge < -0.3 is 9.30 Å². The summed E-state index contributed by atoms with van der Waals surface area (Å²) < 4.78 is 9.25. The van der Waals surface area contributed by atoms with Crippen LogP contribution in [0.15, 0.2) is 83.5 Å². The zero-order chi connectivity index (χ0) is 19.6. The van der Waals surface area contributed by atoms with Crippen LogP contribution in [-0.2, 0) is 6.54 Å². The van der Waals surface area contributed by atoms with Crippen molar-refractivity contribution in [2.45, 2.75) is 6.54 Å². The van der Waals surface area contributed by atoms with Crippen LogP contribution >= 0.6 is 15.9 Å². The number of nitrogens with zero attached hydrogens (tertiary/aromatic N) is 4. The fraction of sp³-hybridized carbons (Fsp3) is 0.0455. The zero-order valence-corrected chi connectivity index (χ0v) is 16.9. The molecule has 0 aliphatic carbocycles. The molecule has 2 heterocycles. The van der Waals surface area contributed by atoms with E-state index in [-0.39, 0.29) is 0 Å². The van der Waals surface area contributed by atoms with Crippen molar-refractivity contribution in [2.75, 3.05) is 0 Å². The molecule has 0 spiro atoms. The number of nitrogens with one attached hydrogen (secondary N) is 1. The summed E-state index contributed by atoms with van der Waals surface area (Å²) in [5.41, 5.74) is 3.22. The van der Waals surface area contributed by atoms with E-state index in [4.69, 9.17) is 4.74 Å². The zero-order valence-electron chi connectivity index (χ0n) is 15.3. The first-order valence-corrected chi connectivity index (χ1v) is 9.90. The second-order valence-corrected chi connectivity index (χ2v) is 7.48. The lowest BCUT2D eigenvalue weighted by molar-refractivity contribution is 0.483. The van der Waals surface area contributed by atoms with Crippen molar-refractivity contribution < 1.29 is 4.74 Å². The third-order valence-electron chi connectivity index (χ3n) is 4.70. The molecule has 5 rings (SSSR count). The molecule has 142 valence electrons. The van der Waals surface area contributed by atoms with Gasteiger partial charge in [0.1, 0.15) is 11.5 Å². The van der Waals surface area contributed by atoms with Crippen molar-refractivity contribution in [1.29, 1.82) is 0 Å². The predicted molar refractivity (Wildman–Crippen MR) is 115 cm³/mol. The van der Waals surface area contributed by atoms with Crippen LogP contribution in [0.1, 0.15) is 5.56 Å². The number of tetrazole rings is 1. The fourth-order valence-electron chi connectivity index (χ4n) is 3.29. The Labute approximate surface area is 175 Å². The molecule has 7 heteroatoms. The van der Waals surface area contributed by atoms with Crippen LogP contribution in [0.4, 0.5) is 0 Å². The van der Waals surface area contributed by atoms with Gasteiger partial charge in [-0.25, -0.2) is 0 Å². The van der Waals surface area contributed by atoms with Gasteiger partial charge in [0.15, 0.2) is 0 Å².